The van der Waals surface area contributed by atoms with Crippen molar-refractivity contribution >= 4 is 17.4 Å². The van der Waals surface area contributed by atoms with Crippen molar-refractivity contribution in [1.29, 1.82) is 0 Å². The van der Waals surface area contributed by atoms with Gasteiger partial charge in [0.05, 0.1) is 18.9 Å². The van der Waals surface area contributed by atoms with Crippen molar-refractivity contribution in [2.75, 3.05) is 7.11 Å². The molecule has 6 nitrogen and oxygen atoms in total. The topological polar surface area (TPSA) is 80.0 Å². The minimum Gasteiger partial charge on any atom is -0.507 e. The Kier molecular flexibility index (Phi) is 5.14. The first-order chi connectivity index (χ1) is 14.5. The van der Waals surface area contributed by atoms with Crippen LogP contribution in [-0.2, 0) is 16.1 Å². The van der Waals surface area contributed by atoms with Crippen LogP contribution in [0, 0.1) is 6.92 Å². The molecule has 1 aromatic heterocycles. The molecule has 2 heterocycles. The highest BCUT2D eigenvalue weighted by Crippen LogP contribution is 2.40. The van der Waals surface area contributed by atoms with E-state index in [4.69, 9.17) is 9.15 Å². The van der Waals surface area contributed by atoms with E-state index in [0.717, 1.165) is 11.1 Å². The van der Waals surface area contributed by atoms with E-state index in [1.54, 1.807) is 43.5 Å². The maximum absolute atomic E-state index is 12.9. The van der Waals surface area contributed by atoms with E-state index in [2.05, 4.69) is 0 Å². The van der Waals surface area contributed by atoms with E-state index in [-0.39, 0.29) is 17.9 Å². The summed E-state index contributed by atoms with van der Waals surface area (Å²) in [5.74, 6) is -0.586. The molecule has 1 N–H and O–H groups in total. The molecule has 0 aliphatic carbocycles. The molecule has 1 unspecified atom stereocenters. The summed E-state index contributed by atoms with van der Waals surface area (Å²) in [6.45, 7) is 2.09. The zero-order chi connectivity index (χ0) is 21.3. The lowest BCUT2D eigenvalue weighted by atomic mass is 9.98. The summed E-state index contributed by atoms with van der Waals surface area (Å²) in [6, 6.07) is 16.9. The van der Waals surface area contributed by atoms with E-state index in [1.807, 2.05) is 31.2 Å². The Morgan fingerprint density at radius 1 is 1.10 bits per heavy atom. The van der Waals surface area contributed by atoms with Crippen molar-refractivity contribution < 1.29 is 23.8 Å². The van der Waals surface area contributed by atoms with Gasteiger partial charge in [0.15, 0.2) is 0 Å². The Bertz CT molecular complexity index is 1110. The Hall–Kier alpha value is -3.80. The van der Waals surface area contributed by atoms with Gasteiger partial charge in [0.2, 0.25) is 0 Å². The number of carbonyl (C=O) groups excluding carboxylic acids is 2. The molecular formula is C24H21NO5. The fraction of sp³-hybridized carbons (Fsp3) is 0.167. The predicted molar refractivity (Wildman–Crippen MR) is 111 cm³/mol. The summed E-state index contributed by atoms with van der Waals surface area (Å²) in [4.78, 5) is 27.3. The molecule has 1 amide bonds. The molecule has 1 fully saturated rings. The molecule has 0 radical (unpaired) electrons. The van der Waals surface area contributed by atoms with Crippen molar-refractivity contribution in [1.82, 2.24) is 4.90 Å². The van der Waals surface area contributed by atoms with E-state index in [9.17, 15) is 14.7 Å². The third kappa shape index (κ3) is 3.48. The van der Waals surface area contributed by atoms with E-state index < -0.39 is 17.7 Å². The lowest BCUT2D eigenvalue weighted by Crippen LogP contribution is -2.29. The van der Waals surface area contributed by atoms with Crippen LogP contribution >= 0.6 is 0 Å². The van der Waals surface area contributed by atoms with Gasteiger partial charge in [0.25, 0.3) is 11.7 Å². The number of amides is 1. The summed E-state index contributed by atoms with van der Waals surface area (Å²) in [5, 5.41) is 11.0. The molecule has 6 heteroatoms. The van der Waals surface area contributed by atoms with Crippen molar-refractivity contribution in [3.8, 4) is 5.75 Å². The van der Waals surface area contributed by atoms with Crippen molar-refractivity contribution in [2.45, 2.75) is 19.5 Å². The van der Waals surface area contributed by atoms with Crippen LogP contribution in [0.3, 0.4) is 0 Å². The highest BCUT2D eigenvalue weighted by atomic mass is 16.5. The van der Waals surface area contributed by atoms with Crippen LogP contribution in [0.5, 0.6) is 5.75 Å². The predicted octanol–water partition coefficient (Wildman–Crippen LogP) is 4.22. The lowest BCUT2D eigenvalue weighted by Gasteiger charge is -2.23. The third-order valence-electron chi connectivity index (χ3n) is 5.16. The first-order valence-corrected chi connectivity index (χ1v) is 9.51. The number of benzene rings is 2. The van der Waals surface area contributed by atoms with Gasteiger partial charge in [-0.1, -0.05) is 42.0 Å². The number of hydrogen-bond donors (Lipinski definition) is 1. The number of aliphatic hydroxyl groups is 1. The second-order valence-electron chi connectivity index (χ2n) is 7.16. The third-order valence-corrected chi connectivity index (χ3v) is 5.16. The van der Waals surface area contributed by atoms with Crippen LogP contribution in [0.2, 0.25) is 0 Å². The van der Waals surface area contributed by atoms with E-state index in [0.29, 0.717) is 17.1 Å². The minimum absolute atomic E-state index is 0.0155. The largest absolute Gasteiger partial charge is 0.507 e. The number of nitrogens with zero attached hydrogens (tertiary/aromatic N) is 1. The van der Waals surface area contributed by atoms with Crippen LogP contribution in [0.1, 0.15) is 28.5 Å². The Labute approximate surface area is 174 Å². The van der Waals surface area contributed by atoms with Crippen molar-refractivity contribution in [2.24, 2.45) is 0 Å². The molecular weight excluding hydrogens is 382 g/mol. The molecule has 0 saturated carbocycles. The number of carbonyl (C=O) groups is 2. The fourth-order valence-electron chi connectivity index (χ4n) is 3.62. The number of Topliss-reactive ketones (excluding diaryl/α,β-unsaturated/α-hetero) is 1. The van der Waals surface area contributed by atoms with Gasteiger partial charge >= 0.3 is 0 Å². The first-order valence-electron chi connectivity index (χ1n) is 9.51. The molecule has 4 rings (SSSR count). The molecule has 3 aromatic rings. The number of ketones is 1. The number of rotatable bonds is 5. The highest BCUT2D eigenvalue weighted by Gasteiger charge is 2.47. The smallest absolute Gasteiger partial charge is 0.296 e. The molecule has 1 aliphatic heterocycles. The van der Waals surface area contributed by atoms with Crippen LogP contribution in [0.15, 0.2) is 76.9 Å². The van der Waals surface area contributed by atoms with Gasteiger partial charge in [-0.3, -0.25) is 9.59 Å². The van der Waals surface area contributed by atoms with Gasteiger partial charge in [0, 0.05) is 12.1 Å². The highest BCUT2D eigenvalue weighted by molar-refractivity contribution is 6.46. The lowest BCUT2D eigenvalue weighted by molar-refractivity contribution is -0.140. The standard InChI is InChI=1S/C24H21NO5/c1-15-8-10-17(11-9-15)22(26)20-21(19-7-4-12-30-19)25(24(28)23(20)27)14-16-5-3-6-18(13-16)29-2/h3-13,21,26H,14H2,1-2H3/b22-20-. The summed E-state index contributed by atoms with van der Waals surface area (Å²) < 4.78 is 10.8. The number of likely N-dealkylation sites (tertiary alicyclic amines) is 1. The second kappa shape index (κ2) is 7.91. The van der Waals surface area contributed by atoms with Gasteiger partial charge in [-0.25, -0.2) is 0 Å². The van der Waals surface area contributed by atoms with Crippen molar-refractivity contribution in [3.05, 3.63) is 95.0 Å². The van der Waals surface area contributed by atoms with Gasteiger partial charge in [-0.15, -0.1) is 0 Å². The summed E-state index contributed by atoms with van der Waals surface area (Å²) in [7, 11) is 1.57. The molecule has 30 heavy (non-hydrogen) atoms. The number of furan rings is 1. The number of hydrogen-bond acceptors (Lipinski definition) is 5. The molecule has 0 bridgehead atoms. The molecule has 152 valence electrons. The Morgan fingerprint density at radius 2 is 1.87 bits per heavy atom. The zero-order valence-electron chi connectivity index (χ0n) is 16.7. The maximum Gasteiger partial charge on any atom is 0.296 e. The normalized spacial score (nSPS) is 18.1. The average Bonchev–Trinajstić information content (AvgIpc) is 3.37. The molecule has 1 atom stereocenters. The molecule has 1 saturated heterocycles. The van der Waals surface area contributed by atoms with Gasteiger partial charge in [-0.05, 0) is 36.8 Å². The van der Waals surface area contributed by atoms with E-state index in [1.165, 1.54) is 11.2 Å². The summed E-state index contributed by atoms with van der Waals surface area (Å²) in [5.41, 5.74) is 2.30. The minimum atomic E-state index is -0.826. The summed E-state index contributed by atoms with van der Waals surface area (Å²) >= 11 is 0. The molecule has 2 aromatic carbocycles. The Balaban J connectivity index is 1.80. The van der Waals surface area contributed by atoms with Crippen LogP contribution in [-0.4, -0.2) is 28.8 Å². The van der Waals surface area contributed by atoms with Gasteiger partial charge in [0.1, 0.15) is 23.3 Å². The molecule has 0 spiro atoms. The number of aliphatic hydroxyl groups excluding tert-OH is 1. The van der Waals surface area contributed by atoms with Gasteiger partial charge < -0.3 is 19.2 Å². The first kappa shape index (κ1) is 19.5. The molecule has 1 aliphatic rings. The average molecular weight is 403 g/mol. The second-order valence-corrected chi connectivity index (χ2v) is 7.16. The SMILES string of the molecule is COc1cccc(CN2C(=O)C(=O)/C(=C(\O)c3ccc(C)cc3)C2c2ccco2)c1. The zero-order valence-corrected chi connectivity index (χ0v) is 16.7. The van der Waals surface area contributed by atoms with Crippen LogP contribution in [0.4, 0.5) is 0 Å². The monoisotopic (exact) mass is 403 g/mol. The van der Waals surface area contributed by atoms with E-state index >= 15 is 0 Å². The summed E-state index contributed by atoms with van der Waals surface area (Å²) in [6.07, 6.45) is 1.48. The number of methoxy groups -OCH3 is 1. The number of ether oxygens (including phenoxy) is 1. The van der Waals surface area contributed by atoms with Gasteiger partial charge in [-0.2, -0.15) is 0 Å². The van der Waals surface area contributed by atoms with Crippen LogP contribution in [0.25, 0.3) is 5.76 Å². The Morgan fingerprint density at radius 3 is 2.53 bits per heavy atom. The van der Waals surface area contributed by atoms with Crippen LogP contribution < -0.4 is 4.74 Å². The fourth-order valence-corrected chi connectivity index (χ4v) is 3.62. The van der Waals surface area contributed by atoms with Crippen molar-refractivity contribution in [3.63, 3.8) is 0 Å². The maximum atomic E-state index is 12.9. The quantitative estimate of drug-likeness (QED) is 0.392. The number of aryl methyl sites for hydroxylation is 1.